The van der Waals surface area contributed by atoms with Crippen molar-refractivity contribution in [3.63, 3.8) is 0 Å². The van der Waals surface area contributed by atoms with Crippen molar-refractivity contribution >= 4 is 23.5 Å². The lowest BCUT2D eigenvalue weighted by molar-refractivity contribution is 0.122. The lowest BCUT2D eigenvalue weighted by Gasteiger charge is -2.35. The van der Waals surface area contributed by atoms with E-state index >= 15 is 0 Å². The molecule has 0 bridgehead atoms. The van der Waals surface area contributed by atoms with Crippen LogP contribution in [0.5, 0.6) is 0 Å². The topological polar surface area (TPSA) is 74.6 Å². The van der Waals surface area contributed by atoms with Crippen LogP contribution in [0.15, 0.2) is 0 Å². The Morgan fingerprint density at radius 2 is 1.86 bits per heavy atom. The van der Waals surface area contributed by atoms with Crippen LogP contribution in [0.3, 0.4) is 0 Å². The van der Waals surface area contributed by atoms with Crippen molar-refractivity contribution in [3.05, 3.63) is 5.28 Å². The summed E-state index contributed by atoms with van der Waals surface area (Å²) in [5.74, 6) is 1.16. The van der Waals surface area contributed by atoms with Gasteiger partial charge < -0.3 is 19.6 Å². The summed E-state index contributed by atoms with van der Waals surface area (Å²) in [4.78, 5) is 17.1. The molecule has 0 spiro atoms. The highest BCUT2D eigenvalue weighted by Crippen LogP contribution is 2.24. The van der Waals surface area contributed by atoms with Crippen molar-refractivity contribution in [2.75, 3.05) is 49.3 Å². The zero-order chi connectivity index (χ0) is 14.7. The maximum Gasteiger partial charge on any atom is 0.231 e. The number of ether oxygens (including phenoxy) is 1. The van der Waals surface area contributed by atoms with Gasteiger partial charge in [0.15, 0.2) is 0 Å². The third-order valence-corrected chi connectivity index (χ3v) is 4.14. The van der Waals surface area contributed by atoms with Crippen LogP contribution in [0.2, 0.25) is 5.28 Å². The average Bonchev–Trinajstić information content (AvgIpc) is 2.55. The van der Waals surface area contributed by atoms with Crippen LogP contribution in [-0.4, -0.2) is 65.6 Å². The fourth-order valence-electron chi connectivity index (χ4n) is 2.82. The van der Waals surface area contributed by atoms with Crippen LogP contribution in [0, 0.1) is 0 Å². The van der Waals surface area contributed by atoms with E-state index in [1.807, 2.05) is 4.90 Å². The average molecular weight is 314 g/mol. The van der Waals surface area contributed by atoms with Gasteiger partial charge in [-0.05, 0) is 30.9 Å². The van der Waals surface area contributed by atoms with Gasteiger partial charge in [-0.2, -0.15) is 15.0 Å². The summed E-state index contributed by atoms with van der Waals surface area (Å²) in [6.07, 6.45) is 3.15. The molecule has 2 aliphatic rings. The minimum atomic E-state index is 0.0646. The zero-order valence-corrected chi connectivity index (χ0v) is 12.7. The first-order chi connectivity index (χ1) is 10.3. The lowest BCUT2D eigenvalue weighted by atomic mass is 10.0. The number of piperidine rings is 1. The summed E-state index contributed by atoms with van der Waals surface area (Å²) in [7, 11) is 0. The van der Waals surface area contributed by atoms with Gasteiger partial charge in [0.1, 0.15) is 0 Å². The highest BCUT2D eigenvalue weighted by atomic mass is 35.5. The molecule has 3 rings (SSSR count). The zero-order valence-electron chi connectivity index (χ0n) is 11.9. The van der Waals surface area contributed by atoms with Gasteiger partial charge in [0.05, 0.1) is 25.9 Å². The van der Waals surface area contributed by atoms with Crippen molar-refractivity contribution in [3.8, 4) is 0 Å². The molecule has 7 nitrogen and oxygen atoms in total. The van der Waals surface area contributed by atoms with E-state index in [0.717, 1.165) is 38.9 Å². The van der Waals surface area contributed by atoms with Gasteiger partial charge >= 0.3 is 0 Å². The summed E-state index contributed by atoms with van der Waals surface area (Å²) in [6.45, 7) is 3.79. The van der Waals surface area contributed by atoms with E-state index in [-0.39, 0.29) is 17.9 Å². The summed E-state index contributed by atoms with van der Waals surface area (Å²) < 4.78 is 5.34. The first-order valence-corrected chi connectivity index (χ1v) is 7.77. The molecule has 21 heavy (non-hydrogen) atoms. The molecular formula is C13H20ClN5O2. The Kier molecular flexibility index (Phi) is 4.72. The predicted molar refractivity (Wildman–Crippen MR) is 79.9 cm³/mol. The molecule has 1 aromatic heterocycles. The molecule has 0 saturated carbocycles. The Morgan fingerprint density at radius 1 is 1.10 bits per heavy atom. The molecule has 0 aliphatic carbocycles. The Hall–Kier alpha value is -1.18. The van der Waals surface area contributed by atoms with Crippen molar-refractivity contribution in [2.24, 2.45) is 0 Å². The lowest BCUT2D eigenvalue weighted by Crippen LogP contribution is -2.43. The largest absolute Gasteiger partial charge is 0.394 e. The third-order valence-electron chi connectivity index (χ3n) is 3.97. The van der Waals surface area contributed by atoms with Crippen LogP contribution in [-0.2, 0) is 4.74 Å². The molecule has 2 saturated heterocycles. The van der Waals surface area contributed by atoms with E-state index in [9.17, 15) is 5.11 Å². The number of rotatable bonds is 3. The van der Waals surface area contributed by atoms with Gasteiger partial charge in [-0.3, -0.25) is 0 Å². The van der Waals surface area contributed by atoms with Crippen molar-refractivity contribution in [2.45, 2.75) is 25.3 Å². The summed E-state index contributed by atoms with van der Waals surface area (Å²) in [5, 5.41) is 9.74. The van der Waals surface area contributed by atoms with Gasteiger partial charge in [0.2, 0.25) is 17.2 Å². The number of hydrogen-bond acceptors (Lipinski definition) is 7. The van der Waals surface area contributed by atoms with Gasteiger partial charge in [-0.25, -0.2) is 0 Å². The predicted octanol–water partition coefficient (Wildman–Crippen LogP) is 0.713. The maximum atomic E-state index is 9.54. The summed E-state index contributed by atoms with van der Waals surface area (Å²) in [6, 6.07) is 0.0646. The Balaban J connectivity index is 1.85. The van der Waals surface area contributed by atoms with E-state index in [0.29, 0.717) is 25.1 Å². The second-order valence-electron chi connectivity index (χ2n) is 5.33. The fraction of sp³-hybridized carbons (Fsp3) is 0.769. The second kappa shape index (κ2) is 6.72. The van der Waals surface area contributed by atoms with E-state index < -0.39 is 0 Å². The van der Waals surface area contributed by atoms with E-state index in [1.165, 1.54) is 0 Å². The van der Waals surface area contributed by atoms with E-state index in [1.54, 1.807) is 0 Å². The molecule has 1 N–H and O–H groups in total. The smallest absolute Gasteiger partial charge is 0.231 e. The molecule has 1 unspecified atom stereocenters. The van der Waals surface area contributed by atoms with Gasteiger partial charge in [-0.15, -0.1) is 0 Å². The SMILES string of the molecule is OCC1CCCCN1c1nc(Cl)nc(N2CCOCC2)n1. The summed E-state index contributed by atoms with van der Waals surface area (Å²) >= 11 is 6.07. The molecular weight excluding hydrogens is 294 g/mol. The first kappa shape index (κ1) is 14.7. The standard InChI is InChI=1S/C13H20ClN5O2/c14-11-15-12(18-5-7-21-8-6-18)17-13(16-11)19-4-2-1-3-10(19)9-20/h10,20H,1-9H2. The monoisotopic (exact) mass is 313 g/mol. The molecule has 0 radical (unpaired) electrons. The van der Waals surface area contributed by atoms with Gasteiger partial charge in [0, 0.05) is 19.6 Å². The van der Waals surface area contributed by atoms with Crippen LogP contribution in [0.1, 0.15) is 19.3 Å². The number of aliphatic hydroxyl groups excluding tert-OH is 1. The first-order valence-electron chi connectivity index (χ1n) is 7.39. The molecule has 116 valence electrons. The Labute approximate surface area is 128 Å². The van der Waals surface area contributed by atoms with Crippen molar-refractivity contribution in [1.82, 2.24) is 15.0 Å². The Bertz CT molecular complexity index is 484. The quantitative estimate of drug-likeness (QED) is 0.881. The molecule has 2 aliphatic heterocycles. The number of halogens is 1. The number of aliphatic hydroxyl groups is 1. The Morgan fingerprint density at radius 3 is 2.62 bits per heavy atom. The van der Waals surface area contributed by atoms with Crippen molar-refractivity contribution < 1.29 is 9.84 Å². The van der Waals surface area contributed by atoms with E-state index in [2.05, 4.69) is 19.9 Å². The molecule has 0 amide bonds. The molecule has 0 aromatic carbocycles. The highest BCUT2D eigenvalue weighted by molar-refractivity contribution is 6.28. The molecule has 2 fully saturated rings. The normalized spacial score (nSPS) is 23.4. The molecule has 8 heteroatoms. The third kappa shape index (κ3) is 3.36. The number of hydrogen-bond donors (Lipinski definition) is 1. The van der Waals surface area contributed by atoms with Crippen LogP contribution in [0.25, 0.3) is 0 Å². The van der Waals surface area contributed by atoms with Gasteiger partial charge in [0.25, 0.3) is 0 Å². The minimum Gasteiger partial charge on any atom is -0.394 e. The molecule has 1 aromatic rings. The number of anilines is 2. The molecule has 1 atom stereocenters. The number of morpholine rings is 1. The summed E-state index contributed by atoms with van der Waals surface area (Å²) in [5.41, 5.74) is 0. The van der Waals surface area contributed by atoms with E-state index in [4.69, 9.17) is 16.3 Å². The number of nitrogens with zero attached hydrogens (tertiary/aromatic N) is 5. The number of aromatic nitrogens is 3. The molecule has 3 heterocycles. The van der Waals surface area contributed by atoms with Crippen LogP contribution < -0.4 is 9.80 Å². The maximum absolute atomic E-state index is 9.54. The van der Waals surface area contributed by atoms with Crippen LogP contribution in [0.4, 0.5) is 11.9 Å². The fourth-order valence-corrected chi connectivity index (χ4v) is 2.97. The second-order valence-corrected chi connectivity index (χ2v) is 5.67. The minimum absolute atomic E-state index is 0.0646. The van der Waals surface area contributed by atoms with Crippen LogP contribution >= 0.6 is 11.6 Å². The van der Waals surface area contributed by atoms with Gasteiger partial charge in [-0.1, -0.05) is 0 Å². The van der Waals surface area contributed by atoms with Crippen molar-refractivity contribution in [1.29, 1.82) is 0 Å². The highest BCUT2D eigenvalue weighted by Gasteiger charge is 2.26.